The van der Waals surface area contributed by atoms with Crippen LogP contribution in [0.2, 0.25) is 0 Å². The molecule has 7 nitrogen and oxygen atoms in total. The van der Waals surface area contributed by atoms with Gasteiger partial charge in [0.05, 0.1) is 19.3 Å². The molecule has 1 aliphatic heterocycles. The molecule has 0 bridgehead atoms. The standard InChI is InChI=1S/C18H25N5O2/c1-14-3-4-17(25-2)15(11-14)13-22-7-9-23(10-8-22)18(24)19-12-16-5-6-20-21-16/h3-6,11H,7-10,12-13H2,1-2H3,(H,19,24)(H,20,21). The third-order valence-electron chi connectivity index (χ3n) is 4.48. The number of nitrogens with one attached hydrogen (secondary N) is 2. The Labute approximate surface area is 148 Å². The predicted octanol–water partition coefficient (Wildman–Crippen LogP) is 1.75. The van der Waals surface area contributed by atoms with Crippen molar-refractivity contribution in [3.05, 3.63) is 47.3 Å². The van der Waals surface area contributed by atoms with Crippen LogP contribution in [-0.2, 0) is 13.1 Å². The maximum absolute atomic E-state index is 12.2. The molecule has 1 aromatic carbocycles. The van der Waals surface area contributed by atoms with E-state index >= 15 is 0 Å². The number of amides is 2. The number of hydrogen-bond acceptors (Lipinski definition) is 4. The summed E-state index contributed by atoms with van der Waals surface area (Å²) in [6.07, 6.45) is 1.68. The first kappa shape index (κ1) is 17.3. The molecule has 2 aromatic rings. The highest BCUT2D eigenvalue weighted by atomic mass is 16.5. The maximum Gasteiger partial charge on any atom is 0.317 e. The number of carbonyl (C=O) groups is 1. The monoisotopic (exact) mass is 343 g/mol. The first-order valence-corrected chi connectivity index (χ1v) is 8.52. The van der Waals surface area contributed by atoms with Gasteiger partial charge in [-0.15, -0.1) is 0 Å². The smallest absolute Gasteiger partial charge is 0.317 e. The number of piperazine rings is 1. The number of aryl methyl sites for hydroxylation is 1. The van der Waals surface area contributed by atoms with Crippen LogP contribution in [0.4, 0.5) is 4.79 Å². The summed E-state index contributed by atoms with van der Waals surface area (Å²) in [6, 6.07) is 8.08. The number of carbonyl (C=O) groups excluding carboxylic acids is 1. The fourth-order valence-corrected chi connectivity index (χ4v) is 3.05. The number of aromatic nitrogens is 2. The van der Waals surface area contributed by atoms with Crippen LogP contribution in [0.3, 0.4) is 0 Å². The molecular weight excluding hydrogens is 318 g/mol. The fourth-order valence-electron chi connectivity index (χ4n) is 3.05. The second-order valence-corrected chi connectivity index (χ2v) is 6.32. The quantitative estimate of drug-likeness (QED) is 0.867. The van der Waals surface area contributed by atoms with E-state index < -0.39 is 0 Å². The van der Waals surface area contributed by atoms with Crippen molar-refractivity contribution >= 4 is 6.03 Å². The second kappa shape index (κ2) is 8.02. The molecule has 1 aromatic heterocycles. The summed E-state index contributed by atoms with van der Waals surface area (Å²) in [5.41, 5.74) is 3.32. The number of methoxy groups -OCH3 is 1. The highest BCUT2D eigenvalue weighted by Crippen LogP contribution is 2.22. The van der Waals surface area contributed by atoms with E-state index in [1.165, 1.54) is 11.1 Å². The normalized spacial score (nSPS) is 15.2. The maximum atomic E-state index is 12.2. The van der Waals surface area contributed by atoms with Gasteiger partial charge >= 0.3 is 6.03 Å². The molecule has 0 saturated carbocycles. The Hall–Kier alpha value is -2.54. The van der Waals surface area contributed by atoms with Crippen molar-refractivity contribution in [2.45, 2.75) is 20.0 Å². The van der Waals surface area contributed by atoms with E-state index in [-0.39, 0.29) is 6.03 Å². The molecule has 1 saturated heterocycles. The van der Waals surface area contributed by atoms with E-state index in [4.69, 9.17) is 4.74 Å². The molecule has 2 N–H and O–H groups in total. The molecule has 3 rings (SSSR count). The first-order chi connectivity index (χ1) is 12.2. The molecule has 7 heteroatoms. The minimum absolute atomic E-state index is 0.0256. The van der Waals surface area contributed by atoms with Gasteiger partial charge in [0.1, 0.15) is 5.75 Å². The number of ether oxygens (including phenoxy) is 1. The van der Waals surface area contributed by atoms with Crippen LogP contribution in [0.25, 0.3) is 0 Å². The molecule has 0 radical (unpaired) electrons. The lowest BCUT2D eigenvalue weighted by molar-refractivity contribution is 0.134. The molecule has 2 amide bonds. The number of rotatable bonds is 5. The number of aromatic amines is 1. The summed E-state index contributed by atoms with van der Waals surface area (Å²) in [4.78, 5) is 16.5. The molecule has 1 aliphatic rings. The summed E-state index contributed by atoms with van der Waals surface area (Å²) in [5.74, 6) is 0.922. The van der Waals surface area contributed by atoms with Gasteiger partial charge in [0.25, 0.3) is 0 Å². The lowest BCUT2D eigenvalue weighted by Gasteiger charge is -2.35. The van der Waals surface area contributed by atoms with E-state index in [0.717, 1.165) is 44.2 Å². The lowest BCUT2D eigenvalue weighted by Crippen LogP contribution is -2.51. The SMILES string of the molecule is COc1ccc(C)cc1CN1CCN(C(=O)NCc2ccn[nH]2)CC1. The van der Waals surface area contributed by atoms with Gasteiger partial charge < -0.3 is 15.0 Å². The minimum atomic E-state index is -0.0256. The molecule has 0 aliphatic carbocycles. The average molecular weight is 343 g/mol. The van der Waals surface area contributed by atoms with Gasteiger partial charge in [-0.05, 0) is 19.1 Å². The highest BCUT2D eigenvalue weighted by Gasteiger charge is 2.21. The number of hydrogen-bond donors (Lipinski definition) is 2. The Morgan fingerprint density at radius 2 is 2.08 bits per heavy atom. The summed E-state index contributed by atoms with van der Waals surface area (Å²) >= 11 is 0. The lowest BCUT2D eigenvalue weighted by atomic mass is 10.1. The molecule has 134 valence electrons. The van der Waals surface area contributed by atoms with Crippen LogP contribution in [0.15, 0.2) is 30.5 Å². The van der Waals surface area contributed by atoms with Gasteiger partial charge in [-0.2, -0.15) is 5.10 Å². The topological polar surface area (TPSA) is 73.5 Å². The van der Waals surface area contributed by atoms with Crippen molar-refractivity contribution in [1.29, 1.82) is 0 Å². The van der Waals surface area contributed by atoms with Crippen molar-refractivity contribution < 1.29 is 9.53 Å². The van der Waals surface area contributed by atoms with Crippen LogP contribution in [-0.4, -0.2) is 59.3 Å². The third-order valence-corrected chi connectivity index (χ3v) is 4.48. The van der Waals surface area contributed by atoms with Gasteiger partial charge in [0.2, 0.25) is 0 Å². The zero-order chi connectivity index (χ0) is 17.6. The Morgan fingerprint density at radius 1 is 1.28 bits per heavy atom. The zero-order valence-electron chi connectivity index (χ0n) is 14.8. The van der Waals surface area contributed by atoms with Crippen molar-refractivity contribution in [2.24, 2.45) is 0 Å². The Morgan fingerprint density at radius 3 is 2.76 bits per heavy atom. The van der Waals surface area contributed by atoms with Crippen LogP contribution in [0, 0.1) is 6.92 Å². The van der Waals surface area contributed by atoms with Crippen LogP contribution in [0.5, 0.6) is 5.75 Å². The van der Waals surface area contributed by atoms with Crippen molar-refractivity contribution in [3.8, 4) is 5.75 Å². The number of nitrogens with zero attached hydrogens (tertiary/aromatic N) is 3. The van der Waals surface area contributed by atoms with E-state index in [2.05, 4.69) is 39.5 Å². The van der Waals surface area contributed by atoms with Gasteiger partial charge in [-0.1, -0.05) is 17.7 Å². The molecule has 0 unspecified atom stereocenters. The van der Waals surface area contributed by atoms with E-state index in [9.17, 15) is 4.79 Å². The summed E-state index contributed by atoms with van der Waals surface area (Å²) in [7, 11) is 1.70. The van der Waals surface area contributed by atoms with Gasteiger partial charge in [0, 0.05) is 44.5 Å². The Kier molecular flexibility index (Phi) is 5.55. The largest absolute Gasteiger partial charge is 0.496 e. The van der Waals surface area contributed by atoms with Crippen molar-refractivity contribution in [3.63, 3.8) is 0 Å². The number of benzene rings is 1. The summed E-state index contributed by atoms with van der Waals surface area (Å²) in [6.45, 7) is 6.56. The summed E-state index contributed by atoms with van der Waals surface area (Å²) < 4.78 is 5.46. The fraction of sp³-hybridized carbons (Fsp3) is 0.444. The van der Waals surface area contributed by atoms with Crippen LogP contribution in [0.1, 0.15) is 16.8 Å². The van der Waals surface area contributed by atoms with E-state index in [1.807, 2.05) is 17.0 Å². The van der Waals surface area contributed by atoms with Gasteiger partial charge in [-0.3, -0.25) is 10.00 Å². The first-order valence-electron chi connectivity index (χ1n) is 8.52. The van der Waals surface area contributed by atoms with Crippen LogP contribution < -0.4 is 10.1 Å². The predicted molar refractivity (Wildman–Crippen MR) is 95.4 cm³/mol. The second-order valence-electron chi connectivity index (χ2n) is 6.32. The van der Waals surface area contributed by atoms with Crippen molar-refractivity contribution in [1.82, 2.24) is 25.3 Å². The Bertz CT molecular complexity index is 693. The average Bonchev–Trinajstić information content (AvgIpc) is 3.14. The Balaban J connectivity index is 1.48. The molecule has 2 heterocycles. The molecule has 1 fully saturated rings. The van der Waals surface area contributed by atoms with Crippen molar-refractivity contribution in [2.75, 3.05) is 33.3 Å². The van der Waals surface area contributed by atoms with Gasteiger partial charge in [-0.25, -0.2) is 4.79 Å². The molecule has 25 heavy (non-hydrogen) atoms. The van der Waals surface area contributed by atoms with E-state index in [0.29, 0.717) is 6.54 Å². The number of urea groups is 1. The zero-order valence-corrected chi connectivity index (χ0v) is 14.8. The molecule has 0 spiro atoms. The third kappa shape index (κ3) is 4.51. The van der Waals surface area contributed by atoms with Gasteiger partial charge in [0.15, 0.2) is 0 Å². The molecular formula is C18H25N5O2. The number of H-pyrrole nitrogens is 1. The molecule has 0 atom stereocenters. The minimum Gasteiger partial charge on any atom is -0.496 e. The van der Waals surface area contributed by atoms with Crippen LogP contribution >= 0.6 is 0 Å². The highest BCUT2D eigenvalue weighted by molar-refractivity contribution is 5.74. The van der Waals surface area contributed by atoms with E-state index in [1.54, 1.807) is 13.3 Å². The summed E-state index contributed by atoms with van der Waals surface area (Å²) in [5, 5.41) is 9.64.